The van der Waals surface area contributed by atoms with Crippen molar-refractivity contribution in [2.75, 3.05) is 14.1 Å². The van der Waals surface area contributed by atoms with E-state index in [2.05, 4.69) is 6.58 Å². The molecule has 0 aromatic rings. The van der Waals surface area contributed by atoms with Crippen molar-refractivity contribution in [3.63, 3.8) is 0 Å². The topological polar surface area (TPSA) is 6.48 Å². The predicted molar refractivity (Wildman–Crippen MR) is 33.8 cm³/mol. The summed E-state index contributed by atoms with van der Waals surface area (Å²) in [4.78, 5) is 3.94. The van der Waals surface area contributed by atoms with Gasteiger partial charge in [0.2, 0.25) is 0 Å². The normalized spacial score (nSPS) is 18.5. The van der Waals surface area contributed by atoms with Gasteiger partial charge in [-0.15, -0.1) is 0 Å². The van der Waals surface area contributed by atoms with Gasteiger partial charge in [-0.2, -0.15) is 0 Å². The van der Waals surface area contributed by atoms with Crippen LogP contribution in [0.3, 0.4) is 0 Å². The second-order valence-corrected chi connectivity index (χ2v) is 1.94. The second-order valence-electron chi connectivity index (χ2n) is 1.94. The summed E-state index contributed by atoms with van der Waals surface area (Å²) in [6.45, 7) is 3.81. The quantitative estimate of drug-likeness (QED) is 0.455. The van der Waals surface area contributed by atoms with E-state index in [1.165, 1.54) is 0 Å². The molecule has 0 aromatic carbocycles. The molecule has 0 amide bonds. The van der Waals surface area contributed by atoms with Crippen LogP contribution in [0, 0.1) is 0 Å². The van der Waals surface area contributed by atoms with Crippen molar-refractivity contribution in [1.29, 1.82) is 0 Å². The van der Waals surface area contributed by atoms with Crippen LogP contribution in [0.15, 0.2) is 24.8 Å². The number of rotatable bonds is 0. The van der Waals surface area contributed by atoms with E-state index in [0.717, 1.165) is 5.82 Å². The Balaban J connectivity index is 2.70. The fourth-order valence-electron chi connectivity index (χ4n) is 0.621. The van der Waals surface area contributed by atoms with E-state index >= 15 is 0 Å². The average Bonchev–Trinajstić information content (AvgIpc) is 1.98. The smallest absolute Gasteiger partial charge is 0.104 e. The molecule has 1 aliphatic heterocycles. The molecule has 0 fully saturated rings. The number of nitrogens with zero attached hydrogens (tertiary/aromatic N) is 2. The Labute approximate surface area is 49.7 Å². The standard InChI is InChI=1S/C6H10N2/c1-6-7(2)4-5-8(6)3/h4-5H,1H2,2-3H3. The van der Waals surface area contributed by atoms with E-state index < -0.39 is 0 Å². The maximum atomic E-state index is 3.81. The maximum absolute atomic E-state index is 3.81. The zero-order valence-electron chi connectivity index (χ0n) is 5.26. The minimum absolute atomic E-state index is 1.02. The van der Waals surface area contributed by atoms with E-state index in [1.807, 2.05) is 36.3 Å². The van der Waals surface area contributed by atoms with Crippen LogP contribution in [-0.4, -0.2) is 23.9 Å². The third kappa shape index (κ3) is 0.579. The van der Waals surface area contributed by atoms with Crippen molar-refractivity contribution < 1.29 is 0 Å². The zero-order valence-corrected chi connectivity index (χ0v) is 5.26. The SMILES string of the molecule is C=C1N(C)C=CN1C. The van der Waals surface area contributed by atoms with Crippen LogP contribution < -0.4 is 0 Å². The van der Waals surface area contributed by atoms with Gasteiger partial charge in [-0.25, -0.2) is 0 Å². The Morgan fingerprint density at radius 3 is 1.75 bits per heavy atom. The van der Waals surface area contributed by atoms with Crippen LogP contribution in [0.25, 0.3) is 0 Å². The highest BCUT2D eigenvalue weighted by Gasteiger charge is 2.07. The molecular formula is C6H10N2. The second kappa shape index (κ2) is 1.54. The van der Waals surface area contributed by atoms with Gasteiger partial charge < -0.3 is 9.80 Å². The van der Waals surface area contributed by atoms with Crippen LogP contribution >= 0.6 is 0 Å². The highest BCUT2D eigenvalue weighted by molar-refractivity contribution is 5.07. The van der Waals surface area contributed by atoms with E-state index in [0.29, 0.717) is 0 Å². The lowest BCUT2D eigenvalue weighted by Crippen LogP contribution is -2.13. The number of hydrogen-bond acceptors (Lipinski definition) is 2. The molecule has 2 nitrogen and oxygen atoms in total. The number of hydrogen-bond donors (Lipinski definition) is 0. The first-order valence-electron chi connectivity index (χ1n) is 2.54. The summed E-state index contributed by atoms with van der Waals surface area (Å²) in [5, 5.41) is 0. The van der Waals surface area contributed by atoms with Gasteiger partial charge in [0.15, 0.2) is 0 Å². The van der Waals surface area contributed by atoms with Crippen molar-refractivity contribution in [3.05, 3.63) is 24.8 Å². The Bertz CT molecular complexity index is 123. The van der Waals surface area contributed by atoms with Gasteiger partial charge in [-0.05, 0) is 0 Å². The van der Waals surface area contributed by atoms with Crippen LogP contribution in [-0.2, 0) is 0 Å². The fraction of sp³-hybridized carbons (Fsp3) is 0.333. The summed E-state index contributed by atoms with van der Waals surface area (Å²) in [5.41, 5.74) is 0. The molecule has 0 saturated heterocycles. The van der Waals surface area contributed by atoms with E-state index in [1.54, 1.807) is 0 Å². The van der Waals surface area contributed by atoms with Crippen LogP contribution in [0.5, 0.6) is 0 Å². The van der Waals surface area contributed by atoms with Gasteiger partial charge in [-0.3, -0.25) is 0 Å². The molecule has 0 saturated carbocycles. The molecule has 0 N–H and O–H groups in total. The molecule has 1 heterocycles. The fourth-order valence-corrected chi connectivity index (χ4v) is 0.621. The summed E-state index contributed by atoms with van der Waals surface area (Å²) < 4.78 is 0. The molecule has 0 unspecified atom stereocenters. The Morgan fingerprint density at radius 1 is 1.25 bits per heavy atom. The van der Waals surface area contributed by atoms with Crippen molar-refractivity contribution in [2.24, 2.45) is 0 Å². The van der Waals surface area contributed by atoms with Crippen molar-refractivity contribution in [1.82, 2.24) is 9.80 Å². The molecular weight excluding hydrogens is 100 g/mol. The molecule has 0 bridgehead atoms. The first-order chi connectivity index (χ1) is 3.72. The van der Waals surface area contributed by atoms with Crippen molar-refractivity contribution in [3.8, 4) is 0 Å². The Hall–Kier alpha value is -0.920. The summed E-state index contributed by atoms with van der Waals surface area (Å²) in [5.74, 6) is 1.02. The van der Waals surface area contributed by atoms with E-state index in [4.69, 9.17) is 0 Å². The summed E-state index contributed by atoms with van der Waals surface area (Å²) in [6, 6.07) is 0. The lowest BCUT2D eigenvalue weighted by molar-refractivity contribution is 0.451. The lowest BCUT2D eigenvalue weighted by atomic mass is 10.7. The molecule has 0 radical (unpaired) electrons. The largest absolute Gasteiger partial charge is 0.337 e. The third-order valence-corrected chi connectivity index (χ3v) is 1.33. The van der Waals surface area contributed by atoms with E-state index in [-0.39, 0.29) is 0 Å². The zero-order chi connectivity index (χ0) is 6.15. The minimum Gasteiger partial charge on any atom is -0.337 e. The third-order valence-electron chi connectivity index (χ3n) is 1.33. The van der Waals surface area contributed by atoms with Crippen LogP contribution in [0.4, 0.5) is 0 Å². The Kier molecular flexibility index (Phi) is 1.01. The summed E-state index contributed by atoms with van der Waals surface area (Å²) in [7, 11) is 3.95. The van der Waals surface area contributed by atoms with Gasteiger partial charge in [0.05, 0.1) is 0 Å². The van der Waals surface area contributed by atoms with Gasteiger partial charge in [0, 0.05) is 26.5 Å². The van der Waals surface area contributed by atoms with Gasteiger partial charge >= 0.3 is 0 Å². The molecule has 1 rings (SSSR count). The molecule has 0 aromatic heterocycles. The molecule has 8 heavy (non-hydrogen) atoms. The first kappa shape index (κ1) is 5.22. The lowest BCUT2D eigenvalue weighted by Gasteiger charge is -2.14. The average molecular weight is 110 g/mol. The maximum Gasteiger partial charge on any atom is 0.104 e. The highest BCUT2D eigenvalue weighted by atomic mass is 15.3. The molecule has 44 valence electrons. The van der Waals surface area contributed by atoms with Gasteiger partial charge in [-0.1, -0.05) is 6.58 Å². The predicted octanol–water partition coefficient (Wildman–Crippen LogP) is 0.806. The monoisotopic (exact) mass is 110 g/mol. The van der Waals surface area contributed by atoms with E-state index in [9.17, 15) is 0 Å². The summed E-state index contributed by atoms with van der Waals surface area (Å²) in [6.07, 6.45) is 3.95. The summed E-state index contributed by atoms with van der Waals surface area (Å²) >= 11 is 0. The highest BCUT2D eigenvalue weighted by Crippen LogP contribution is 2.11. The van der Waals surface area contributed by atoms with Crippen molar-refractivity contribution in [2.45, 2.75) is 0 Å². The molecule has 1 aliphatic rings. The minimum atomic E-state index is 1.02. The van der Waals surface area contributed by atoms with Crippen LogP contribution in [0.1, 0.15) is 0 Å². The van der Waals surface area contributed by atoms with Crippen molar-refractivity contribution >= 4 is 0 Å². The molecule has 0 atom stereocenters. The van der Waals surface area contributed by atoms with Crippen LogP contribution in [0.2, 0.25) is 0 Å². The van der Waals surface area contributed by atoms with Gasteiger partial charge in [0.25, 0.3) is 0 Å². The molecule has 0 aliphatic carbocycles. The molecule has 0 spiro atoms. The first-order valence-corrected chi connectivity index (χ1v) is 2.54. The molecule has 2 heteroatoms. The van der Waals surface area contributed by atoms with Gasteiger partial charge in [0.1, 0.15) is 5.82 Å². The Morgan fingerprint density at radius 2 is 1.62 bits per heavy atom.